The van der Waals surface area contributed by atoms with E-state index in [1.807, 2.05) is 0 Å². The summed E-state index contributed by atoms with van der Waals surface area (Å²) in [6, 6.07) is 11.7. The molecule has 3 aromatic rings. The van der Waals surface area contributed by atoms with Crippen LogP contribution in [0.2, 0.25) is 0 Å². The average molecular weight is 448 g/mol. The zero-order valence-corrected chi connectivity index (χ0v) is 17.1. The maximum absolute atomic E-state index is 12.2. The zero-order valence-electron chi connectivity index (χ0n) is 16.3. The average Bonchev–Trinajstić information content (AvgIpc) is 3.06. The predicted octanol–water partition coefficient (Wildman–Crippen LogP) is 1.38. The van der Waals surface area contributed by atoms with E-state index >= 15 is 0 Å². The monoisotopic (exact) mass is 448 g/mol. The number of aryl methyl sites for hydroxylation is 1. The molecule has 0 radical (unpaired) electrons. The number of carbonyl (C=O) groups excluding carboxylic acids is 1. The van der Waals surface area contributed by atoms with Gasteiger partial charge < -0.3 is 9.73 Å². The molecule has 0 fully saturated rings. The Bertz CT molecular complexity index is 1260. The van der Waals surface area contributed by atoms with E-state index in [9.17, 15) is 28.1 Å². The SMILES string of the molecule is O=C(CCCn1c(=O)oc2ccccc21)NCCNS(=O)(=O)c1cccc([N+](=O)[O-])c1. The molecular formula is C19H20N4O7S. The summed E-state index contributed by atoms with van der Waals surface area (Å²) < 4.78 is 33.3. The highest BCUT2D eigenvalue weighted by molar-refractivity contribution is 7.89. The van der Waals surface area contributed by atoms with Gasteiger partial charge in [0.1, 0.15) is 0 Å². The quantitative estimate of drug-likeness (QED) is 0.270. The van der Waals surface area contributed by atoms with E-state index in [1.165, 1.54) is 22.8 Å². The normalized spacial score (nSPS) is 11.5. The molecule has 164 valence electrons. The molecule has 2 aromatic carbocycles. The maximum Gasteiger partial charge on any atom is 0.419 e. The number of nitrogens with one attached hydrogen (secondary N) is 2. The van der Waals surface area contributed by atoms with Crippen LogP contribution in [0.25, 0.3) is 11.1 Å². The van der Waals surface area contributed by atoms with Crippen LogP contribution in [-0.2, 0) is 21.4 Å². The lowest BCUT2D eigenvalue weighted by atomic mass is 10.2. The second-order valence-corrected chi connectivity index (χ2v) is 8.36. The Morgan fingerprint density at radius 3 is 2.68 bits per heavy atom. The third kappa shape index (κ3) is 5.55. The number of sulfonamides is 1. The number of nitro benzene ring substituents is 1. The summed E-state index contributed by atoms with van der Waals surface area (Å²) in [5.41, 5.74) is 0.803. The van der Waals surface area contributed by atoms with Crippen molar-refractivity contribution in [1.82, 2.24) is 14.6 Å². The van der Waals surface area contributed by atoms with E-state index < -0.39 is 20.7 Å². The number of carbonyl (C=O) groups is 1. The summed E-state index contributed by atoms with van der Waals surface area (Å²) >= 11 is 0. The number of oxazole rings is 1. The Balaban J connectivity index is 1.43. The maximum atomic E-state index is 12.2. The Kier molecular flexibility index (Phi) is 6.82. The molecule has 0 saturated carbocycles. The van der Waals surface area contributed by atoms with Crippen molar-refractivity contribution < 1.29 is 22.6 Å². The van der Waals surface area contributed by atoms with Gasteiger partial charge in [-0.05, 0) is 24.6 Å². The largest absolute Gasteiger partial charge is 0.419 e. The predicted molar refractivity (Wildman–Crippen MR) is 111 cm³/mol. The third-order valence-electron chi connectivity index (χ3n) is 4.44. The number of nitro groups is 1. The van der Waals surface area contributed by atoms with Crippen molar-refractivity contribution in [3.05, 3.63) is 69.2 Å². The molecule has 0 aliphatic carbocycles. The highest BCUT2D eigenvalue weighted by Gasteiger charge is 2.17. The number of rotatable bonds is 10. The van der Waals surface area contributed by atoms with Gasteiger partial charge in [-0.2, -0.15) is 0 Å². The molecule has 0 unspecified atom stereocenters. The number of hydrogen-bond donors (Lipinski definition) is 2. The van der Waals surface area contributed by atoms with Crippen molar-refractivity contribution in [3.63, 3.8) is 0 Å². The molecule has 0 spiro atoms. The fraction of sp³-hybridized carbons (Fsp3) is 0.263. The van der Waals surface area contributed by atoms with E-state index in [2.05, 4.69) is 10.0 Å². The van der Waals surface area contributed by atoms with Crippen LogP contribution in [0.5, 0.6) is 0 Å². The van der Waals surface area contributed by atoms with E-state index in [-0.39, 0.29) is 36.0 Å². The summed E-state index contributed by atoms with van der Waals surface area (Å²) in [4.78, 5) is 33.7. The minimum Gasteiger partial charge on any atom is -0.408 e. The molecule has 11 nitrogen and oxygen atoms in total. The van der Waals surface area contributed by atoms with Crippen molar-refractivity contribution in [1.29, 1.82) is 0 Å². The van der Waals surface area contributed by atoms with Crippen LogP contribution in [0.1, 0.15) is 12.8 Å². The third-order valence-corrected chi connectivity index (χ3v) is 5.90. The number of para-hydroxylation sites is 2. The molecule has 0 bridgehead atoms. The Labute approximate surface area is 176 Å². The van der Waals surface area contributed by atoms with Gasteiger partial charge in [0.25, 0.3) is 5.69 Å². The van der Waals surface area contributed by atoms with Gasteiger partial charge in [0.05, 0.1) is 15.3 Å². The Hall–Kier alpha value is -3.51. The van der Waals surface area contributed by atoms with Crippen molar-refractivity contribution >= 4 is 32.7 Å². The molecule has 0 saturated heterocycles. The van der Waals surface area contributed by atoms with Crippen molar-refractivity contribution in [2.75, 3.05) is 13.1 Å². The first-order valence-corrected chi connectivity index (χ1v) is 10.9. The second-order valence-electron chi connectivity index (χ2n) is 6.59. The van der Waals surface area contributed by atoms with Gasteiger partial charge in [-0.3, -0.25) is 19.5 Å². The number of fused-ring (bicyclic) bond motifs is 1. The fourth-order valence-electron chi connectivity index (χ4n) is 2.95. The Morgan fingerprint density at radius 1 is 1.13 bits per heavy atom. The first-order valence-electron chi connectivity index (χ1n) is 9.37. The molecule has 3 rings (SSSR count). The van der Waals surface area contributed by atoms with Gasteiger partial charge >= 0.3 is 5.76 Å². The molecule has 2 N–H and O–H groups in total. The Morgan fingerprint density at radius 2 is 1.90 bits per heavy atom. The lowest BCUT2D eigenvalue weighted by molar-refractivity contribution is -0.385. The van der Waals surface area contributed by atoms with Crippen LogP contribution >= 0.6 is 0 Å². The van der Waals surface area contributed by atoms with Crippen LogP contribution in [0.3, 0.4) is 0 Å². The van der Waals surface area contributed by atoms with Crippen molar-refractivity contribution in [3.8, 4) is 0 Å². The van der Waals surface area contributed by atoms with E-state index in [0.717, 1.165) is 6.07 Å². The smallest absolute Gasteiger partial charge is 0.408 e. The number of amides is 1. The standard InChI is InChI=1S/C19H20N4O7S/c24-18(9-4-12-22-16-7-1-2-8-17(16)30-19(22)25)20-10-11-21-31(28,29)15-6-3-5-14(13-15)23(26)27/h1-3,5-8,13,21H,4,9-12H2,(H,20,24). The van der Waals surface area contributed by atoms with Crippen molar-refractivity contribution in [2.24, 2.45) is 0 Å². The van der Waals surface area contributed by atoms with Crippen LogP contribution in [-0.4, -0.2) is 36.9 Å². The van der Waals surface area contributed by atoms with Gasteiger partial charge in [-0.1, -0.05) is 18.2 Å². The molecule has 0 aliphatic rings. The fourth-order valence-corrected chi connectivity index (χ4v) is 4.02. The number of aromatic nitrogens is 1. The zero-order chi connectivity index (χ0) is 22.4. The van der Waals surface area contributed by atoms with Gasteiger partial charge in [-0.15, -0.1) is 0 Å². The summed E-state index contributed by atoms with van der Waals surface area (Å²) in [6.45, 7) is 0.271. The summed E-state index contributed by atoms with van der Waals surface area (Å²) in [5.74, 6) is -0.785. The minimum absolute atomic E-state index is 0.0432. The van der Waals surface area contributed by atoms with E-state index in [0.29, 0.717) is 24.1 Å². The van der Waals surface area contributed by atoms with Gasteiger partial charge in [0, 0.05) is 38.2 Å². The molecule has 1 aromatic heterocycles. The van der Waals surface area contributed by atoms with Crippen molar-refractivity contribution in [2.45, 2.75) is 24.3 Å². The van der Waals surface area contributed by atoms with Gasteiger partial charge in [0.2, 0.25) is 15.9 Å². The summed E-state index contributed by atoms with van der Waals surface area (Å²) in [7, 11) is -3.94. The molecule has 0 atom stereocenters. The lowest BCUT2D eigenvalue weighted by Gasteiger charge is -2.08. The topological polar surface area (TPSA) is 154 Å². The molecule has 1 heterocycles. The molecule has 31 heavy (non-hydrogen) atoms. The van der Waals surface area contributed by atoms with E-state index in [1.54, 1.807) is 24.3 Å². The summed E-state index contributed by atoms with van der Waals surface area (Å²) in [6.07, 6.45) is 0.540. The van der Waals surface area contributed by atoms with Gasteiger partial charge in [-0.25, -0.2) is 17.9 Å². The van der Waals surface area contributed by atoms with Crippen LogP contribution in [0.4, 0.5) is 5.69 Å². The van der Waals surface area contributed by atoms with E-state index in [4.69, 9.17) is 4.42 Å². The first-order chi connectivity index (χ1) is 14.8. The highest BCUT2D eigenvalue weighted by Crippen LogP contribution is 2.17. The number of non-ortho nitro benzene ring substituents is 1. The number of benzene rings is 2. The molecule has 12 heteroatoms. The van der Waals surface area contributed by atoms with Crippen LogP contribution in [0.15, 0.2) is 62.6 Å². The molecule has 1 amide bonds. The summed E-state index contributed by atoms with van der Waals surface area (Å²) in [5, 5.41) is 13.4. The molecular weight excluding hydrogens is 428 g/mol. The second kappa shape index (κ2) is 9.53. The van der Waals surface area contributed by atoms with Crippen LogP contribution in [0, 0.1) is 10.1 Å². The number of nitrogens with zero attached hydrogens (tertiary/aromatic N) is 2. The number of hydrogen-bond acceptors (Lipinski definition) is 7. The first kappa shape index (κ1) is 22.2. The highest BCUT2D eigenvalue weighted by atomic mass is 32.2. The van der Waals surface area contributed by atoms with Crippen LogP contribution < -0.4 is 15.8 Å². The van der Waals surface area contributed by atoms with Gasteiger partial charge in [0.15, 0.2) is 5.58 Å². The minimum atomic E-state index is -3.94. The lowest BCUT2D eigenvalue weighted by Crippen LogP contribution is -2.34. The molecule has 0 aliphatic heterocycles.